The standard InChI is InChI=1S/C11H11ClN2O2.ClH/c12-7-1-2-10-8(4-7)6(5-14-10)3-9(13)11(15)16;/h1-2,4-5,9,14H,3,13H2,(H,15,16);1H. The van der Waals surface area contributed by atoms with Gasteiger partial charge in [-0.2, -0.15) is 0 Å². The molecule has 0 spiro atoms. The van der Waals surface area contributed by atoms with Crippen molar-refractivity contribution in [2.45, 2.75) is 12.5 Å². The van der Waals surface area contributed by atoms with Gasteiger partial charge < -0.3 is 15.8 Å². The molecule has 0 saturated carbocycles. The van der Waals surface area contributed by atoms with Gasteiger partial charge in [0.15, 0.2) is 0 Å². The van der Waals surface area contributed by atoms with Crippen molar-refractivity contribution in [3.63, 3.8) is 0 Å². The average Bonchev–Trinajstić information content (AvgIpc) is 2.61. The minimum Gasteiger partial charge on any atom is -0.480 e. The van der Waals surface area contributed by atoms with Crippen molar-refractivity contribution in [2.24, 2.45) is 5.73 Å². The minimum absolute atomic E-state index is 0. The first-order chi connectivity index (χ1) is 7.58. The number of carboxylic acids is 1. The molecular formula is C11H12Cl2N2O2. The molecule has 17 heavy (non-hydrogen) atoms. The summed E-state index contributed by atoms with van der Waals surface area (Å²) in [6.07, 6.45) is 2.06. The molecule has 0 fully saturated rings. The SMILES string of the molecule is Cl.NC(Cc1c[nH]c2ccc(Cl)cc12)C(=O)O. The van der Waals surface area contributed by atoms with Crippen LogP contribution in [0.2, 0.25) is 5.02 Å². The first kappa shape index (κ1) is 13.8. The van der Waals surface area contributed by atoms with Gasteiger partial charge in [-0.25, -0.2) is 0 Å². The summed E-state index contributed by atoms with van der Waals surface area (Å²) in [7, 11) is 0. The van der Waals surface area contributed by atoms with Crippen LogP contribution in [0.15, 0.2) is 24.4 Å². The summed E-state index contributed by atoms with van der Waals surface area (Å²) in [5.41, 5.74) is 7.29. The van der Waals surface area contributed by atoms with Gasteiger partial charge in [0.05, 0.1) is 0 Å². The van der Waals surface area contributed by atoms with E-state index in [0.29, 0.717) is 5.02 Å². The molecule has 2 aromatic rings. The molecule has 6 heteroatoms. The number of carbonyl (C=O) groups is 1. The van der Waals surface area contributed by atoms with E-state index in [9.17, 15) is 4.79 Å². The normalized spacial score (nSPS) is 12.1. The van der Waals surface area contributed by atoms with E-state index in [1.165, 1.54) is 0 Å². The molecule has 92 valence electrons. The van der Waals surface area contributed by atoms with Gasteiger partial charge in [-0.3, -0.25) is 4.79 Å². The molecule has 2 rings (SSSR count). The molecule has 1 aromatic carbocycles. The topological polar surface area (TPSA) is 79.1 Å². The van der Waals surface area contributed by atoms with Crippen LogP contribution in [0.4, 0.5) is 0 Å². The largest absolute Gasteiger partial charge is 0.480 e. The average molecular weight is 275 g/mol. The Morgan fingerprint density at radius 1 is 1.53 bits per heavy atom. The lowest BCUT2D eigenvalue weighted by Gasteiger charge is -2.04. The van der Waals surface area contributed by atoms with Crippen LogP contribution in [0.1, 0.15) is 5.56 Å². The lowest BCUT2D eigenvalue weighted by Crippen LogP contribution is -2.32. The fraction of sp³-hybridized carbons (Fsp3) is 0.182. The molecule has 0 saturated heterocycles. The van der Waals surface area contributed by atoms with Crippen LogP contribution in [0, 0.1) is 0 Å². The molecule has 0 aliphatic rings. The van der Waals surface area contributed by atoms with Gasteiger partial charge in [0.1, 0.15) is 6.04 Å². The third kappa shape index (κ3) is 2.91. The number of aromatic amines is 1. The van der Waals surface area contributed by atoms with E-state index in [1.807, 2.05) is 6.07 Å². The van der Waals surface area contributed by atoms with Crippen molar-refractivity contribution in [1.29, 1.82) is 0 Å². The van der Waals surface area contributed by atoms with Crippen LogP contribution < -0.4 is 5.73 Å². The molecule has 4 nitrogen and oxygen atoms in total. The lowest BCUT2D eigenvalue weighted by atomic mass is 10.1. The monoisotopic (exact) mass is 274 g/mol. The van der Waals surface area contributed by atoms with Crippen molar-refractivity contribution in [3.8, 4) is 0 Å². The maximum Gasteiger partial charge on any atom is 0.320 e. The Morgan fingerprint density at radius 2 is 2.24 bits per heavy atom. The maximum atomic E-state index is 10.7. The molecule has 1 aromatic heterocycles. The summed E-state index contributed by atoms with van der Waals surface area (Å²) in [5.74, 6) is -1.00. The van der Waals surface area contributed by atoms with Crippen molar-refractivity contribution in [2.75, 3.05) is 0 Å². The van der Waals surface area contributed by atoms with Crippen molar-refractivity contribution in [3.05, 3.63) is 35.0 Å². The lowest BCUT2D eigenvalue weighted by molar-refractivity contribution is -0.138. The molecular weight excluding hydrogens is 263 g/mol. The van der Waals surface area contributed by atoms with E-state index < -0.39 is 12.0 Å². The zero-order valence-electron chi connectivity index (χ0n) is 8.81. The third-order valence-corrected chi connectivity index (χ3v) is 2.72. The van der Waals surface area contributed by atoms with E-state index >= 15 is 0 Å². The number of rotatable bonds is 3. The fourth-order valence-corrected chi connectivity index (χ4v) is 1.82. The quantitative estimate of drug-likeness (QED) is 0.803. The van der Waals surface area contributed by atoms with Crippen LogP contribution in [0.5, 0.6) is 0 Å². The second-order valence-electron chi connectivity index (χ2n) is 3.65. The number of hydrogen-bond donors (Lipinski definition) is 3. The van der Waals surface area contributed by atoms with E-state index in [1.54, 1.807) is 18.3 Å². The van der Waals surface area contributed by atoms with Gasteiger partial charge in [-0.15, -0.1) is 12.4 Å². The van der Waals surface area contributed by atoms with Crippen LogP contribution in [0.3, 0.4) is 0 Å². The van der Waals surface area contributed by atoms with E-state index in [0.717, 1.165) is 16.5 Å². The smallest absolute Gasteiger partial charge is 0.320 e. The zero-order valence-corrected chi connectivity index (χ0v) is 10.4. The maximum absolute atomic E-state index is 10.7. The van der Waals surface area contributed by atoms with E-state index in [4.69, 9.17) is 22.4 Å². The number of aliphatic carboxylic acids is 1. The molecule has 1 atom stereocenters. The Morgan fingerprint density at radius 3 is 2.88 bits per heavy atom. The highest BCUT2D eigenvalue weighted by Crippen LogP contribution is 2.23. The molecule has 1 heterocycles. The Bertz CT molecular complexity index is 539. The molecule has 0 aliphatic heterocycles. The van der Waals surface area contributed by atoms with Crippen molar-refractivity contribution >= 4 is 40.9 Å². The Labute approximate surface area is 109 Å². The highest BCUT2D eigenvalue weighted by Gasteiger charge is 2.14. The highest BCUT2D eigenvalue weighted by atomic mass is 35.5. The summed E-state index contributed by atoms with van der Waals surface area (Å²) < 4.78 is 0. The molecule has 1 unspecified atom stereocenters. The number of fused-ring (bicyclic) bond motifs is 1. The molecule has 4 N–H and O–H groups in total. The van der Waals surface area contributed by atoms with E-state index in [-0.39, 0.29) is 18.8 Å². The molecule has 0 aliphatic carbocycles. The summed E-state index contributed by atoms with van der Waals surface area (Å²) in [6, 6.07) is 4.55. The number of nitrogens with two attached hydrogens (primary N) is 1. The van der Waals surface area contributed by atoms with Gasteiger partial charge in [0.2, 0.25) is 0 Å². The third-order valence-electron chi connectivity index (χ3n) is 2.49. The van der Waals surface area contributed by atoms with Crippen LogP contribution in [-0.4, -0.2) is 22.1 Å². The van der Waals surface area contributed by atoms with Gasteiger partial charge in [-0.1, -0.05) is 11.6 Å². The number of halogens is 2. The van der Waals surface area contributed by atoms with Crippen LogP contribution in [0.25, 0.3) is 10.9 Å². The number of carboxylic acid groups (broad SMARTS) is 1. The molecule has 0 amide bonds. The number of nitrogens with one attached hydrogen (secondary N) is 1. The Kier molecular flexibility index (Phi) is 4.40. The highest BCUT2D eigenvalue weighted by molar-refractivity contribution is 6.31. The minimum atomic E-state index is -1.00. The van der Waals surface area contributed by atoms with E-state index in [2.05, 4.69) is 4.98 Å². The van der Waals surface area contributed by atoms with Gasteiger partial charge in [-0.05, 0) is 23.8 Å². The zero-order chi connectivity index (χ0) is 11.7. The first-order valence-corrected chi connectivity index (χ1v) is 5.19. The summed E-state index contributed by atoms with van der Waals surface area (Å²) >= 11 is 5.89. The predicted octanol–water partition coefficient (Wildman–Crippen LogP) is 2.20. The van der Waals surface area contributed by atoms with Crippen LogP contribution >= 0.6 is 24.0 Å². The number of benzene rings is 1. The number of H-pyrrole nitrogens is 1. The Hall–Kier alpha value is -1.23. The van der Waals surface area contributed by atoms with Gasteiger partial charge >= 0.3 is 5.97 Å². The predicted molar refractivity (Wildman–Crippen MR) is 69.9 cm³/mol. The summed E-state index contributed by atoms with van der Waals surface area (Å²) in [5, 5.41) is 10.3. The molecule has 0 bridgehead atoms. The summed E-state index contributed by atoms with van der Waals surface area (Å²) in [6.45, 7) is 0. The second-order valence-corrected chi connectivity index (χ2v) is 4.09. The molecule has 0 radical (unpaired) electrons. The van der Waals surface area contributed by atoms with Gasteiger partial charge in [0.25, 0.3) is 0 Å². The summed E-state index contributed by atoms with van der Waals surface area (Å²) in [4.78, 5) is 13.7. The van der Waals surface area contributed by atoms with Crippen molar-refractivity contribution < 1.29 is 9.90 Å². The first-order valence-electron chi connectivity index (χ1n) is 4.82. The van der Waals surface area contributed by atoms with Gasteiger partial charge in [0, 0.05) is 28.5 Å². The number of hydrogen-bond acceptors (Lipinski definition) is 2. The number of aromatic nitrogens is 1. The fourth-order valence-electron chi connectivity index (χ4n) is 1.64. The second kappa shape index (κ2) is 5.40. The van der Waals surface area contributed by atoms with Crippen molar-refractivity contribution in [1.82, 2.24) is 4.98 Å². The Balaban J connectivity index is 0.00000144. The van der Waals surface area contributed by atoms with Crippen LogP contribution in [-0.2, 0) is 11.2 Å².